The molecule has 0 saturated heterocycles. The minimum Gasteiger partial charge on any atom is -0.507 e. The largest absolute Gasteiger partial charge is 0.507 e. The highest BCUT2D eigenvalue weighted by atomic mass is 35.5. The number of carbonyl (C=O) groups is 1. The number of aliphatic imine (C=N–C) groups is 1. The van der Waals surface area contributed by atoms with Crippen LogP contribution >= 0.6 is 11.6 Å². The molecule has 5 nitrogen and oxygen atoms in total. The van der Waals surface area contributed by atoms with E-state index < -0.39 is 17.6 Å². The van der Waals surface area contributed by atoms with Crippen molar-refractivity contribution in [2.75, 3.05) is 0 Å². The zero-order valence-corrected chi connectivity index (χ0v) is 18.9. The molecule has 1 aliphatic heterocycles. The third kappa shape index (κ3) is 4.26. The SMILES string of the molecule is O=C(O)c1ccc(Cc2cc3c(cn2)CN=C(c2c(F)cccc2F)c2cc(Cl)ccc2-3)cc1O. The van der Waals surface area contributed by atoms with Crippen molar-refractivity contribution in [1.29, 1.82) is 0 Å². The minimum atomic E-state index is -1.21. The Morgan fingerprint density at radius 3 is 2.46 bits per heavy atom. The maximum Gasteiger partial charge on any atom is 0.339 e. The van der Waals surface area contributed by atoms with E-state index in [0.29, 0.717) is 33.8 Å². The zero-order valence-electron chi connectivity index (χ0n) is 18.1. The first-order valence-corrected chi connectivity index (χ1v) is 11.0. The number of aromatic nitrogens is 1. The Labute approximate surface area is 204 Å². The summed E-state index contributed by atoms with van der Waals surface area (Å²) in [6, 6.07) is 15.0. The summed E-state index contributed by atoms with van der Waals surface area (Å²) in [5.41, 5.74) is 3.88. The van der Waals surface area contributed by atoms with Crippen LogP contribution in [-0.2, 0) is 13.0 Å². The molecular formula is C27H17ClF2N2O3. The summed E-state index contributed by atoms with van der Waals surface area (Å²) >= 11 is 6.26. The highest BCUT2D eigenvalue weighted by Crippen LogP contribution is 2.35. The average Bonchev–Trinajstić information content (AvgIpc) is 2.96. The van der Waals surface area contributed by atoms with Gasteiger partial charge >= 0.3 is 5.97 Å². The monoisotopic (exact) mass is 490 g/mol. The van der Waals surface area contributed by atoms with Crippen LogP contribution in [0.5, 0.6) is 5.75 Å². The molecule has 4 aromatic rings. The normalized spacial score (nSPS) is 12.4. The third-order valence-corrected chi connectivity index (χ3v) is 6.09. The molecule has 0 spiro atoms. The van der Waals surface area contributed by atoms with E-state index in [0.717, 1.165) is 11.1 Å². The number of carboxylic acids is 1. The highest BCUT2D eigenvalue weighted by Gasteiger charge is 2.24. The van der Waals surface area contributed by atoms with Crippen molar-refractivity contribution in [2.24, 2.45) is 4.99 Å². The van der Waals surface area contributed by atoms with Gasteiger partial charge in [-0.2, -0.15) is 0 Å². The van der Waals surface area contributed by atoms with Crippen molar-refractivity contribution in [3.05, 3.63) is 117 Å². The lowest BCUT2D eigenvalue weighted by Gasteiger charge is -2.14. The van der Waals surface area contributed by atoms with Gasteiger partial charge in [0.15, 0.2) is 0 Å². The molecule has 8 heteroatoms. The molecule has 5 rings (SSSR count). The van der Waals surface area contributed by atoms with E-state index in [2.05, 4.69) is 9.98 Å². The second-order valence-corrected chi connectivity index (χ2v) is 8.55. The van der Waals surface area contributed by atoms with Crippen molar-refractivity contribution < 1.29 is 23.8 Å². The van der Waals surface area contributed by atoms with Crippen LogP contribution in [0.1, 0.15) is 38.3 Å². The number of fused-ring (bicyclic) bond motifs is 3. The number of hydrogen-bond donors (Lipinski definition) is 2. The van der Waals surface area contributed by atoms with Gasteiger partial charge in [-0.25, -0.2) is 13.6 Å². The molecule has 35 heavy (non-hydrogen) atoms. The Bertz CT molecular complexity index is 1520. The first kappa shape index (κ1) is 22.7. The lowest BCUT2D eigenvalue weighted by Crippen LogP contribution is -2.10. The van der Waals surface area contributed by atoms with Gasteiger partial charge in [-0.15, -0.1) is 0 Å². The number of aromatic carboxylic acids is 1. The number of carboxylic acid groups (broad SMARTS) is 1. The van der Waals surface area contributed by atoms with E-state index in [-0.39, 0.29) is 29.1 Å². The second-order valence-electron chi connectivity index (χ2n) is 8.12. The molecule has 3 aromatic carbocycles. The molecule has 0 bridgehead atoms. The molecule has 0 unspecified atom stereocenters. The van der Waals surface area contributed by atoms with E-state index in [9.17, 15) is 18.7 Å². The molecule has 0 radical (unpaired) electrons. The Kier molecular flexibility index (Phi) is 5.78. The number of benzene rings is 3. The quantitative estimate of drug-likeness (QED) is 0.366. The van der Waals surface area contributed by atoms with Crippen LogP contribution in [0.15, 0.2) is 71.9 Å². The average molecular weight is 491 g/mol. The van der Waals surface area contributed by atoms with Gasteiger partial charge < -0.3 is 10.2 Å². The summed E-state index contributed by atoms with van der Waals surface area (Å²) in [4.78, 5) is 20.2. The first-order chi connectivity index (χ1) is 16.8. The van der Waals surface area contributed by atoms with E-state index in [1.54, 1.807) is 30.5 Å². The highest BCUT2D eigenvalue weighted by molar-refractivity contribution is 6.31. The maximum absolute atomic E-state index is 14.7. The van der Waals surface area contributed by atoms with Gasteiger partial charge in [0.2, 0.25) is 0 Å². The topological polar surface area (TPSA) is 82.8 Å². The Balaban J connectivity index is 1.60. The predicted molar refractivity (Wildman–Crippen MR) is 128 cm³/mol. The molecule has 0 fully saturated rings. The van der Waals surface area contributed by atoms with Crippen LogP contribution < -0.4 is 0 Å². The fraction of sp³-hybridized carbons (Fsp3) is 0.0741. The Morgan fingerprint density at radius 1 is 0.971 bits per heavy atom. The number of nitrogens with zero attached hydrogens (tertiary/aromatic N) is 2. The fourth-order valence-corrected chi connectivity index (χ4v) is 4.38. The molecule has 0 saturated carbocycles. The van der Waals surface area contributed by atoms with Crippen LogP contribution in [0.25, 0.3) is 11.1 Å². The van der Waals surface area contributed by atoms with Crippen molar-refractivity contribution in [1.82, 2.24) is 4.98 Å². The minimum absolute atomic E-state index is 0.159. The predicted octanol–water partition coefficient (Wildman–Crippen LogP) is 6.03. The Hall–Kier alpha value is -4.10. The molecule has 2 N–H and O–H groups in total. The van der Waals surface area contributed by atoms with Gasteiger partial charge in [0, 0.05) is 28.9 Å². The summed E-state index contributed by atoms with van der Waals surface area (Å²) in [5, 5.41) is 19.5. The standard InChI is InChI=1S/C27H17ClF2N2O3/c28-16-5-7-18-20-11-17(8-14-4-6-19(27(34)35)24(33)9-14)31-12-15(20)13-32-26(21(18)10-16)25-22(29)2-1-3-23(25)30/h1-7,9-12,33H,8,13H2,(H,34,35). The van der Waals surface area contributed by atoms with Crippen molar-refractivity contribution in [3.8, 4) is 16.9 Å². The van der Waals surface area contributed by atoms with E-state index >= 15 is 0 Å². The number of pyridine rings is 1. The number of halogens is 3. The van der Waals surface area contributed by atoms with E-state index in [1.807, 2.05) is 6.07 Å². The van der Waals surface area contributed by atoms with Gasteiger partial charge in [-0.3, -0.25) is 9.98 Å². The third-order valence-electron chi connectivity index (χ3n) is 5.85. The first-order valence-electron chi connectivity index (χ1n) is 10.6. The van der Waals surface area contributed by atoms with Crippen LogP contribution in [0.2, 0.25) is 5.02 Å². The summed E-state index contributed by atoms with van der Waals surface area (Å²) in [5.74, 6) is -2.97. The van der Waals surface area contributed by atoms with Crippen LogP contribution in [-0.4, -0.2) is 26.9 Å². The summed E-state index contributed by atoms with van der Waals surface area (Å²) in [6.45, 7) is 0.159. The van der Waals surface area contributed by atoms with Gasteiger partial charge in [0.1, 0.15) is 22.9 Å². The van der Waals surface area contributed by atoms with E-state index in [4.69, 9.17) is 16.7 Å². The molecule has 0 aliphatic carbocycles. The molecular weight excluding hydrogens is 474 g/mol. The summed E-state index contributed by atoms with van der Waals surface area (Å²) < 4.78 is 29.4. The fourth-order valence-electron chi connectivity index (χ4n) is 4.21. The van der Waals surface area contributed by atoms with Gasteiger partial charge in [0.05, 0.1) is 17.8 Å². The van der Waals surface area contributed by atoms with Gasteiger partial charge in [0.25, 0.3) is 0 Å². The maximum atomic E-state index is 14.7. The zero-order chi connectivity index (χ0) is 24.7. The molecule has 174 valence electrons. The second kappa shape index (κ2) is 8.92. The molecule has 1 aromatic heterocycles. The van der Waals surface area contributed by atoms with Crippen LogP contribution in [0, 0.1) is 11.6 Å². The van der Waals surface area contributed by atoms with Crippen LogP contribution in [0.3, 0.4) is 0 Å². The molecule has 2 heterocycles. The van der Waals surface area contributed by atoms with Gasteiger partial charge in [-0.05, 0) is 64.7 Å². The van der Waals surface area contributed by atoms with Crippen molar-refractivity contribution in [2.45, 2.75) is 13.0 Å². The molecule has 0 amide bonds. The van der Waals surface area contributed by atoms with Crippen molar-refractivity contribution in [3.63, 3.8) is 0 Å². The Morgan fingerprint density at radius 2 is 1.74 bits per heavy atom. The number of aromatic hydroxyl groups is 1. The van der Waals surface area contributed by atoms with Crippen LogP contribution in [0.4, 0.5) is 8.78 Å². The van der Waals surface area contributed by atoms with Gasteiger partial charge in [-0.1, -0.05) is 29.8 Å². The van der Waals surface area contributed by atoms with Crippen molar-refractivity contribution >= 4 is 23.3 Å². The number of phenols is 1. The smallest absolute Gasteiger partial charge is 0.339 e. The molecule has 0 atom stereocenters. The summed E-state index contributed by atoms with van der Waals surface area (Å²) in [6.07, 6.45) is 2.00. The lowest BCUT2D eigenvalue weighted by atomic mass is 9.91. The number of hydrogen-bond acceptors (Lipinski definition) is 4. The summed E-state index contributed by atoms with van der Waals surface area (Å²) in [7, 11) is 0. The van der Waals surface area contributed by atoms with E-state index in [1.165, 1.54) is 30.3 Å². The number of rotatable bonds is 4. The molecule has 1 aliphatic rings. The lowest BCUT2D eigenvalue weighted by molar-refractivity contribution is 0.0693.